The van der Waals surface area contributed by atoms with Crippen LogP contribution in [-0.4, -0.2) is 18.0 Å². The zero-order valence-corrected chi connectivity index (χ0v) is 14.3. The molecule has 0 unspecified atom stereocenters. The van der Waals surface area contributed by atoms with Gasteiger partial charge in [0.2, 0.25) is 0 Å². The zero-order valence-electron chi connectivity index (χ0n) is 14.3. The molecule has 5 rings (SSSR count). The minimum atomic E-state index is 0.822. The lowest BCUT2D eigenvalue weighted by molar-refractivity contribution is 0.618. The Labute approximate surface area is 151 Å². The standard InChI is InChI=1S/C22H15BN2O/c23-26-19-6-2-1-5-17(19)18-12-11-16-10-8-14-7-9-15-4-3-13-24-21(15)20(14)22(16)25-18/h1-13H,23H2. The molecule has 0 N–H and O–H groups in total. The van der Waals surface area contributed by atoms with Crippen molar-refractivity contribution in [2.45, 2.75) is 0 Å². The van der Waals surface area contributed by atoms with Crippen LogP contribution in [0.25, 0.3) is 43.8 Å². The topological polar surface area (TPSA) is 35.0 Å². The minimum Gasteiger partial charge on any atom is -0.567 e. The largest absolute Gasteiger partial charge is 0.567 e. The van der Waals surface area contributed by atoms with Gasteiger partial charge < -0.3 is 4.65 Å². The second kappa shape index (κ2) is 5.85. The van der Waals surface area contributed by atoms with Gasteiger partial charge in [-0.3, -0.25) is 4.98 Å². The first-order chi connectivity index (χ1) is 12.8. The number of pyridine rings is 2. The number of para-hydroxylation sites is 1. The second-order valence-corrected chi connectivity index (χ2v) is 6.27. The van der Waals surface area contributed by atoms with Crippen molar-refractivity contribution in [2.24, 2.45) is 0 Å². The number of aromatic nitrogens is 2. The summed E-state index contributed by atoms with van der Waals surface area (Å²) in [7, 11) is 1.69. The maximum Gasteiger partial charge on any atom is 0.322 e. The van der Waals surface area contributed by atoms with Gasteiger partial charge in [0.1, 0.15) is 5.75 Å². The molecule has 26 heavy (non-hydrogen) atoms. The van der Waals surface area contributed by atoms with Crippen molar-refractivity contribution in [1.29, 1.82) is 0 Å². The zero-order chi connectivity index (χ0) is 17.5. The summed E-state index contributed by atoms with van der Waals surface area (Å²) in [5.41, 5.74) is 3.84. The molecule has 0 amide bonds. The summed E-state index contributed by atoms with van der Waals surface area (Å²) in [6, 6.07) is 24.7. The molecule has 2 aromatic heterocycles. The van der Waals surface area contributed by atoms with Crippen molar-refractivity contribution in [2.75, 3.05) is 0 Å². The summed E-state index contributed by atoms with van der Waals surface area (Å²) in [5, 5.41) is 4.47. The van der Waals surface area contributed by atoms with Crippen molar-refractivity contribution < 1.29 is 4.65 Å². The van der Waals surface area contributed by atoms with Crippen LogP contribution < -0.4 is 4.65 Å². The summed E-state index contributed by atoms with van der Waals surface area (Å²) < 4.78 is 5.52. The molecule has 0 aliphatic rings. The highest BCUT2D eigenvalue weighted by Gasteiger charge is 2.11. The van der Waals surface area contributed by atoms with Crippen molar-refractivity contribution in [3.8, 4) is 17.0 Å². The van der Waals surface area contributed by atoms with Crippen LogP contribution in [0.4, 0.5) is 0 Å². The van der Waals surface area contributed by atoms with E-state index in [4.69, 9.17) is 9.64 Å². The van der Waals surface area contributed by atoms with E-state index in [1.165, 1.54) is 0 Å². The summed E-state index contributed by atoms with van der Waals surface area (Å²) >= 11 is 0. The molecular weight excluding hydrogens is 319 g/mol. The Balaban J connectivity index is 1.90. The number of fused-ring (bicyclic) bond motifs is 5. The fourth-order valence-electron chi connectivity index (χ4n) is 3.54. The number of benzene rings is 3. The van der Waals surface area contributed by atoms with E-state index in [-0.39, 0.29) is 0 Å². The highest BCUT2D eigenvalue weighted by atomic mass is 16.4. The molecule has 4 heteroatoms. The van der Waals surface area contributed by atoms with Crippen LogP contribution in [0, 0.1) is 0 Å². The summed E-state index contributed by atoms with van der Waals surface area (Å²) in [6.07, 6.45) is 1.84. The lowest BCUT2D eigenvalue weighted by Gasteiger charge is -2.11. The third-order valence-electron chi connectivity index (χ3n) is 4.80. The lowest BCUT2D eigenvalue weighted by atomic mass is 10.0. The van der Waals surface area contributed by atoms with Gasteiger partial charge in [0.05, 0.1) is 16.7 Å². The molecule has 3 nitrogen and oxygen atoms in total. The van der Waals surface area contributed by atoms with Gasteiger partial charge in [0.25, 0.3) is 0 Å². The van der Waals surface area contributed by atoms with Gasteiger partial charge in [-0.1, -0.05) is 48.5 Å². The van der Waals surface area contributed by atoms with Crippen LogP contribution >= 0.6 is 0 Å². The average molecular weight is 334 g/mol. The van der Waals surface area contributed by atoms with Gasteiger partial charge in [-0.05, 0) is 29.7 Å². The van der Waals surface area contributed by atoms with Crippen LogP contribution in [0.3, 0.4) is 0 Å². The number of hydrogen-bond acceptors (Lipinski definition) is 3. The van der Waals surface area contributed by atoms with Gasteiger partial charge in [0, 0.05) is 27.9 Å². The molecule has 5 aromatic rings. The molecule has 0 aliphatic heterocycles. The highest BCUT2D eigenvalue weighted by Crippen LogP contribution is 2.33. The Hall–Kier alpha value is -3.40. The van der Waals surface area contributed by atoms with Crippen molar-refractivity contribution in [3.63, 3.8) is 0 Å². The van der Waals surface area contributed by atoms with Crippen LogP contribution in [0.15, 0.2) is 79.0 Å². The monoisotopic (exact) mass is 334 g/mol. The number of hydrogen-bond donors (Lipinski definition) is 0. The molecule has 3 aromatic carbocycles. The maximum absolute atomic E-state index is 5.52. The van der Waals surface area contributed by atoms with Crippen molar-refractivity contribution in [3.05, 3.63) is 79.0 Å². The average Bonchev–Trinajstić information content (AvgIpc) is 2.72. The minimum absolute atomic E-state index is 0.822. The molecule has 0 spiro atoms. The normalized spacial score (nSPS) is 11.2. The SMILES string of the molecule is BOc1ccccc1-c1ccc2ccc3ccc4cccnc4c3c2n1. The van der Waals surface area contributed by atoms with Gasteiger partial charge in [0.15, 0.2) is 0 Å². The smallest absolute Gasteiger partial charge is 0.322 e. The third-order valence-corrected chi connectivity index (χ3v) is 4.80. The predicted octanol–water partition coefficient (Wildman–Crippen LogP) is 4.53. The highest BCUT2D eigenvalue weighted by molar-refractivity contribution is 6.17. The summed E-state index contributed by atoms with van der Waals surface area (Å²) in [4.78, 5) is 9.64. The molecule has 0 radical (unpaired) electrons. The van der Waals surface area contributed by atoms with Gasteiger partial charge in [-0.25, -0.2) is 4.98 Å². The Morgan fingerprint density at radius 2 is 1.42 bits per heavy atom. The molecule has 0 atom stereocenters. The Kier molecular flexibility index (Phi) is 3.35. The van der Waals surface area contributed by atoms with E-state index < -0.39 is 0 Å². The van der Waals surface area contributed by atoms with Gasteiger partial charge in [-0.15, -0.1) is 0 Å². The molecule has 0 bridgehead atoms. The molecule has 0 saturated carbocycles. The molecule has 0 saturated heterocycles. The Morgan fingerprint density at radius 1 is 0.692 bits per heavy atom. The number of nitrogens with zero attached hydrogens (tertiary/aromatic N) is 2. The van der Waals surface area contributed by atoms with E-state index in [9.17, 15) is 0 Å². The van der Waals surface area contributed by atoms with E-state index >= 15 is 0 Å². The van der Waals surface area contributed by atoms with Crippen LogP contribution in [-0.2, 0) is 0 Å². The van der Waals surface area contributed by atoms with E-state index in [1.807, 2.05) is 42.6 Å². The quantitative estimate of drug-likeness (QED) is 0.351. The predicted molar refractivity (Wildman–Crippen MR) is 109 cm³/mol. The van der Waals surface area contributed by atoms with Gasteiger partial charge in [-0.2, -0.15) is 0 Å². The van der Waals surface area contributed by atoms with E-state index in [1.54, 1.807) is 8.05 Å². The molecular formula is C22H15BN2O. The first kappa shape index (κ1) is 14.9. The Morgan fingerprint density at radius 3 is 2.27 bits per heavy atom. The van der Waals surface area contributed by atoms with Crippen LogP contribution in [0.5, 0.6) is 5.75 Å². The first-order valence-corrected chi connectivity index (χ1v) is 8.56. The maximum atomic E-state index is 5.52. The van der Waals surface area contributed by atoms with Gasteiger partial charge >= 0.3 is 8.05 Å². The molecule has 2 heterocycles. The third kappa shape index (κ3) is 2.23. The Bertz CT molecular complexity index is 1280. The van der Waals surface area contributed by atoms with Crippen LogP contribution in [0.1, 0.15) is 0 Å². The number of rotatable bonds is 2. The fraction of sp³-hybridized carbons (Fsp3) is 0. The first-order valence-electron chi connectivity index (χ1n) is 8.56. The summed E-state index contributed by atoms with van der Waals surface area (Å²) in [6.45, 7) is 0. The molecule has 0 fully saturated rings. The van der Waals surface area contributed by atoms with Crippen LogP contribution in [0.2, 0.25) is 0 Å². The summed E-state index contributed by atoms with van der Waals surface area (Å²) in [5.74, 6) is 0.822. The molecule has 0 aliphatic carbocycles. The van der Waals surface area contributed by atoms with Crippen molar-refractivity contribution >= 4 is 40.6 Å². The lowest BCUT2D eigenvalue weighted by Crippen LogP contribution is -1.92. The van der Waals surface area contributed by atoms with E-state index in [0.29, 0.717) is 0 Å². The second-order valence-electron chi connectivity index (χ2n) is 6.27. The van der Waals surface area contributed by atoms with E-state index in [0.717, 1.165) is 49.6 Å². The van der Waals surface area contributed by atoms with E-state index in [2.05, 4.69) is 41.4 Å². The van der Waals surface area contributed by atoms with Crippen molar-refractivity contribution in [1.82, 2.24) is 9.97 Å². The fourth-order valence-corrected chi connectivity index (χ4v) is 3.54. The molecule has 122 valence electrons.